The zero-order chi connectivity index (χ0) is 17.9. The number of thioether (sulfide) groups is 1. The Balaban J connectivity index is 1.45. The summed E-state index contributed by atoms with van der Waals surface area (Å²) in [6, 6.07) is 12.9. The summed E-state index contributed by atoms with van der Waals surface area (Å²) in [6.45, 7) is 4.36. The Hall–Kier alpha value is -1.30. The molecule has 1 aromatic carbocycles. The lowest BCUT2D eigenvalue weighted by molar-refractivity contribution is 0.0709. The van der Waals surface area contributed by atoms with Crippen molar-refractivity contribution in [1.82, 2.24) is 9.80 Å². The van der Waals surface area contributed by atoms with Crippen LogP contribution in [0.1, 0.15) is 36.0 Å². The molecule has 0 bridgehead atoms. The predicted octanol–water partition coefficient (Wildman–Crippen LogP) is 4.84. The molecule has 3 heterocycles. The fraction of sp³-hybridized carbons (Fsp3) is 0.476. The van der Waals surface area contributed by atoms with Gasteiger partial charge in [0.25, 0.3) is 5.91 Å². The van der Waals surface area contributed by atoms with Crippen molar-refractivity contribution in [1.29, 1.82) is 0 Å². The normalized spacial score (nSPS) is 20.8. The molecule has 138 valence electrons. The van der Waals surface area contributed by atoms with Crippen LogP contribution < -0.4 is 0 Å². The van der Waals surface area contributed by atoms with E-state index < -0.39 is 0 Å². The van der Waals surface area contributed by atoms with Crippen LogP contribution in [0.15, 0.2) is 40.6 Å². The number of carbonyl (C=O) groups excluding carboxylic acids is 1. The Morgan fingerprint density at radius 1 is 1.08 bits per heavy atom. The maximum Gasteiger partial charge on any atom is 0.254 e. The molecule has 1 aromatic heterocycles. The van der Waals surface area contributed by atoms with Gasteiger partial charge in [0.15, 0.2) is 0 Å². The molecular weight excluding hydrogens is 360 g/mol. The fourth-order valence-electron chi connectivity index (χ4n) is 4.08. The number of carbonyl (C=O) groups is 1. The quantitative estimate of drug-likeness (QED) is 0.687. The number of nitrogens with zero attached hydrogens (tertiary/aromatic N) is 2. The van der Waals surface area contributed by atoms with E-state index in [9.17, 15) is 4.79 Å². The van der Waals surface area contributed by atoms with Gasteiger partial charge in [-0.1, -0.05) is 12.1 Å². The van der Waals surface area contributed by atoms with Crippen molar-refractivity contribution in [3.8, 4) is 10.4 Å². The first kappa shape index (κ1) is 18.1. The largest absolute Gasteiger partial charge is 0.334 e. The molecule has 26 heavy (non-hydrogen) atoms. The highest BCUT2D eigenvalue weighted by atomic mass is 32.2. The molecule has 2 aliphatic heterocycles. The lowest BCUT2D eigenvalue weighted by Crippen LogP contribution is -2.42. The third kappa shape index (κ3) is 3.85. The molecule has 0 spiro atoms. The van der Waals surface area contributed by atoms with Gasteiger partial charge in [0, 0.05) is 29.6 Å². The Bertz CT molecular complexity index is 750. The van der Waals surface area contributed by atoms with Gasteiger partial charge in [0.05, 0.1) is 4.21 Å². The first-order valence-electron chi connectivity index (χ1n) is 9.52. The molecule has 0 N–H and O–H groups in total. The van der Waals surface area contributed by atoms with Crippen LogP contribution >= 0.6 is 23.1 Å². The molecule has 0 saturated carbocycles. The Kier molecular flexibility index (Phi) is 5.67. The maximum absolute atomic E-state index is 13.0. The van der Waals surface area contributed by atoms with Crippen molar-refractivity contribution in [2.45, 2.75) is 35.9 Å². The van der Waals surface area contributed by atoms with Gasteiger partial charge in [-0.2, -0.15) is 0 Å². The van der Waals surface area contributed by atoms with E-state index in [-0.39, 0.29) is 5.91 Å². The van der Waals surface area contributed by atoms with Crippen LogP contribution in [0.3, 0.4) is 0 Å². The average molecular weight is 387 g/mol. The summed E-state index contributed by atoms with van der Waals surface area (Å²) in [5, 5.41) is 0. The molecule has 4 rings (SSSR count). The standard InChI is InChI=1S/C21H26N2OS2/c1-25-20-11-10-19(26-20)16-6-8-17(9-7-16)21(24)23-14-4-5-18(23)15-22-12-2-3-13-22/h6-11,18H,2-5,12-15H2,1H3. The predicted molar refractivity (Wildman–Crippen MR) is 111 cm³/mol. The third-order valence-corrected chi connectivity index (χ3v) is 7.72. The molecule has 0 radical (unpaired) electrons. The minimum absolute atomic E-state index is 0.203. The number of hydrogen-bond donors (Lipinski definition) is 0. The van der Waals surface area contributed by atoms with Crippen LogP contribution in [0, 0.1) is 0 Å². The van der Waals surface area contributed by atoms with Crippen LogP contribution in [-0.2, 0) is 0 Å². The van der Waals surface area contributed by atoms with Gasteiger partial charge in [-0.3, -0.25) is 4.79 Å². The van der Waals surface area contributed by atoms with Crippen molar-refractivity contribution < 1.29 is 4.79 Å². The molecule has 1 unspecified atom stereocenters. The van der Waals surface area contributed by atoms with Crippen LogP contribution in [0.25, 0.3) is 10.4 Å². The second-order valence-corrected chi connectivity index (χ2v) is 9.39. The Morgan fingerprint density at radius 3 is 2.54 bits per heavy atom. The van der Waals surface area contributed by atoms with Crippen molar-refractivity contribution in [3.05, 3.63) is 42.0 Å². The highest BCUT2D eigenvalue weighted by Crippen LogP contribution is 2.33. The minimum Gasteiger partial charge on any atom is -0.334 e. The number of thiophene rings is 1. The zero-order valence-corrected chi connectivity index (χ0v) is 17.0. The lowest BCUT2D eigenvalue weighted by Gasteiger charge is -2.28. The molecule has 3 nitrogen and oxygen atoms in total. The van der Waals surface area contributed by atoms with Gasteiger partial charge in [0.1, 0.15) is 0 Å². The van der Waals surface area contributed by atoms with Gasteiger partial charge >= 0.3 is 0 Å². The van der Waals surface area contributed by atoms with Gasteiger partial charge < -0.3 is 9.80 Å². The zero-order valence-electron chi connectivity index (χ0n) is 15.3. The second-order valence-electron chi connectivity index (χ2n) is 7.20. The van der Waals surface area contributed by atoms with Crippen molar-refractivity contribution >= 4 is 29.0 Å². The van der Waals surface area contributed by atoms with E-state index in [4.69, 9.17) is 0 Å². The van der Waals surface area contributed by atoms with E-state index in [0.717, 1.165) is 31.5 Å². The monoisotopic (exact) mass is 386 g/mol. The first-order valence-corrected chi connectivity index (χ1v) is 11.6. The number of amides is 1. The number of hydrogen-bond acceptors (Lipinski definition) is 4. The second kappa shape index (κ2) is 8.15. The van der Waals surface area contributed by atoms with E-state index in [1.54, 1.807) is 23.1 Å². The molecule has 2 aliphatic rings. The molecule has 2 saturated heterocycles. The average Bonchev–Trinajstić information content (AvgIpc) is 3.43. The highest BCUT2D eigenvalue weighted by Gasteiger charge is 2.31. The van der Waals surface area contributed by atoms with Crippen molar-refractivity contribution in [2.24, 2.45) is 0 Å². The van der Waals surface area contributed by atoms with Crippen LogP contribution in [0.4, 0.5) is 0 Å². The summed E-state index contributed by atoms with van der Waals surface area (Å²) in [4.78, 5) is 18.9. The molecule has 1 atom stereocenters. The van der Waals surface area contributed by atoms with Gasteiger partial charge in [-0.05, 0) is 74.9 Å². The van der Waals surface area contributed by atoms with Crippen LogP contribution in [-0.4, -0.2) is 54.2 Å². The van der Waals surface area contributed by atoms with Crippen molar-refractivity contribution in [3.63, 3.8) is 0 Å². The van der Waals surface area contributed by atoms with E-state index in [1.807, 2.05) is 12.1 Å². The summed E-state index contributed by atoms with van der Waals surface area (Å²) in [6.07, 6.45) is 7.00. The fourth-order valence-corrected chi connectivity index (χ4v) is 5.63. The Labute approximate surface area is 164 Å². The van der Waals surface area contributed by atoms with Gasteiger partial charge in [-0.25, -0.2) is 0 Å². The van der Waals surface area contributed by atoms with E-state index in [2.05, 4.69) is 40.3 Å². The smallest absolute Gasteiger partial charge is 0.254 e. The van der Waals surface area contributed by atoms with Gasteiger partial charge in [-0.15, -0.1) is 23.1 Å². The Morgan fingerprint density at radius 2 is 1.85 bits per heavy atom. The van der Waals surface area contributed by atoms with E-state index in [1.165, 1.54) is 40.6 Å². The number of benzene rings is 1. The van der Waals surface area contributed by atoms with Gasteiger partial charge in [0.2, 0.25) is 0 Å². The lowest BCUT2D eigenvalue weighted by atomic mass is 10.1. The summed E-state index contributed by atoms with van der Waals surface area (Å²) >= 11 is 3.58. The van der Waals surface area contributed by atoms with E-state index in [0.29, 0.717) is 6.04 Å². The molecule has 0 aliphatic carbocycles. The highest BCUT2D eigenvalue weighted by molar-refractivity contribution is 8.00. The first-order chi connectivity index (χ1) is 12.7. The molecule has 2 aromatic rings. The summed E-state index contributed by atoms with van der Waals surface area (Å²) in [5.41, 5.74) is 2.02. The summed E-state index contributed by atoms with van der Waals surface area (Å²) in [5.74, 6) is 0.203. The number of likely N-dealkylation sites (tertiary alicyclic amines) is 2. The van der Waals surface area contributed by atoms with Crippen LogP contribution in [0.5, 0.6) is 0 Å². The maximum atomic E-state index is 13.0. The SMILES string of the molecule is CSc1ccc(-c2ccc(C(=O)N3CCCC3CN3CCCC3)cc2)s1. The molecule has 1 amide bonds. The third-order valence-electron chi connectivity index (χ3n) is 5.50. The van der Waals surface area contributed by atoms with Crippen LogP contribution in [0.2, 0.25) is 0 Å². The van der Waals surface area contributed by atoms with Crippen molar-refractivity contribution in [2.75, 3.05) is 32.4 Å². The summed E-state index contributed by atoms with van der Waals surface area (Å²) < 4.78 is 1.32. The minimum atomic E-state index is 0.203. The molecule has 5 heteroatoms. The van der Waals surface area contributed by atoms with E-state index >= 15 is 0 Å². The molecule has 2 fully saturated rings. The summed E-state index contributed by atoms with van der Waals surface area (Å²) in [7, 11) is 0. The molecular formula is C21H26N2OS2. The number of rotatable bonds is 5. The topological polar surface area (TPSA) is 23.6 Å².